The molecule has 7 nitrogen and oxygen atoms in total. The Balaban J connectivity index is 1.50. The van der Waals surface area contributed by atoms with E-state index in [9.17, 15) is 8.42 Å². The highest BCUT2D eigenvalue weighted by Gasteiger charge is 2.20. The number of thiophene rings is 1. The standard InChI is InChI=1S/C18H18N4O3S3/c1-12-5-6-14(25-2)16(10-12)28(23,24)19-8-7-13-11-27-18-20-17(21-22(13)18)15-4-3-9-26-15/h3-6,9-11,19H,7-8H2,1-2H3. The molecule has 0 atom stereocenters. The van der Waals surface area contributed by atoms with Crippen molar-refractivity contribution < 1.29 is 13.2 Å². The van der Waals surface area contributed by atoms with Crippen LogP contribution in [0.1, 0.15) is 11.3 Å². The maximum Gasteiger partial charge on any atom is 0.244 e. The van der Waals surface area contributed by atoms with Gasteiger partial charge in [-0.2, -0.15) is 4.98 Å². The molecule has 1 aromatic carbocycles. The largest absolute Gasteiger partial charge is 0.495 e. The molecule has 28 heavy (non-hydrogen) atoms. The fourth-order valence-corrected chi connectivity index (χ4v) is 5.58. The summed E-state index contributed by atoms with van der Waals surface area (Å²) in [6.07, 6.45) is 0.501. The summed E-state index contributed by atoms with van der Waals surface area (Å²) < 4.78 is 35.0. The number of hydrogen-bond acceptors (Lipinski definition) is 7. The van der Waals surface area contributed by atoms with Crippen LogP contribution in [0.3, 0.4) is 0 Å². The molecule has 3 aromatic heterocycles. The zero-order valence-corrected chi connectivity index (χ0v) is 17.7. The zero-order valence-electron chi connectivity index (χ0n) is 15.2. The summed E-state index contributed by atoms with van der Waals surface area (Å²) in [5, 5.41) is 8.50. The van der Waals surface area contributed by atoms with Crippen molar-refractivity contribution >= 4 is 37.7 Å². The molecular formula is C18H18N4O3S3. The van der Waals surface area contributed by atoms with E-state index < -0.39 is 10.0 Å². The van der Waals surface area contributed by atoms with Gasteiger partial charge in [0.05, 0.1) is 17.7 Å². The highest BCUT2D eigenvalue weighted by atomic mass is 32.2. The maximum atomic E-state index is 12.7. The molecule has 0 unspecified atom stereocenters. The summed E-state index contributed by atoms with van der Waals surface area (Å²) >= 11 is 3.08. The number of fused-ring (bicyclic) bond motifs is 1. The molecular weight excluding hydrogens is 416 g/mol. The van der Waals surface area contributed by atoms with Gasteiger partial charge in [0.2, 0.25) is 15.0 Å². The Hall–Kier alpha value is -2.27. The lowest BCUT2D eigenvalue weighted by atomic mass is 10.2. The molecule has 0 aliphatic carbocycles. The molecule has 3 heterocycles. The SMILES string of the molecule is COc1ccc(C)cc1S(=O)(=O)NCCc1csc2nc(-c3cccs3)nn12. The van der Waals surface area contributed by atoms with Crippen LogP contribution >= 0.6 is 22.7 Å². The molecule has 0 fully saturated rings. The van der Waals surface area contributed by atoms with E-state index in [1.807, 2.05) is 35.9 Å². The number of hydrogen-bond donors (Lipinski definition) is 1. The Morgan fingerprint density at radius 1 is 1.25 bits per heavy atom. The highest BCUT2D eigenvalue weighted by Crippen LogP contribution is 2.26. The first kappa shape index (κ1) is 19.1. The van der Waals surface area contributed by atoms with E-state index in [0.717, 1.165) is 21.1 Å². The van der Waals surface area contributed by atoms with E-state index in [0.29, 0.717) is 18.0 Å². The summed E-state index contributed by atoms with van der Waals surface area (Å²) in [7, 11) is -2.22. The third-order valence-electron chi connectivity index (χ3n) is 4.17. The summed E-state index contributed by atoms with van der Waals surface area (Å²) in [6.45, 7) is 2.09. The molecule has 0 bridgehead atoms. The minimum absolute atomic E-state index is 0.145. The third-order valence-corrected chi connectivity index (χ3v) is 7.39. The number of sulfonamides is 1. The number of nitrogens with zero attached hydrogens (tertiary/aromatic N) is 3. The summed E-state index contributed by atoms with van der Waals surface area (Å²) in [6, 6.07) is 9.02. The molecule has 4 aromatic rings. The van der Waals surface area contributed by atoms with Gasteiger partial charge in [-0.25, -0.2) is 17.7 Å². The van der Waals surface area contributed by atoms with Gasteiger partial charge in [-0.1, -0.05) is 12.1 Å². The molecule has 0 saturated carbocycles. The van der Waals surface area contributed by atoms with Gasteiger partial charge >= 0.3 is 0 Å². The normalized spacial score (nSPS) is 11.9. The van der Waals surface area contributed by atoms with Crippen molar-refractivity contribution in [3.8, 4) is 16.5 Å². The number of ether oxygens (including phenoxy) is 1. The van der Waals surface area contributed by atoms with Crippen molar-refractivity contribution in [1.82, 2.24) is 19.3 Å². The van der Waals surface area contributed by atoms with Crippen LogP contribution in [0.15, 0.2) is 46.0 Å². The second-order valence-electron chi connectivity index (χ2n) is 6.14. The average molecular weight is 435 g/mol. The van der Waals surface area contributed by atoms with E-state index in [2.05, 4.69) is 14.8 Å². The fourth-order valence-electron chi connectivity index (χ4n) is 2.79. The predicted octanol–water partition coefficient (Wildman–Crippen LogP) is 3.36. The number of thiazole rings is 1. The molecule has 0 saturated heterocycles. The van der Waals surface area contributed by atoms with Gasteiger partial charge in [0.25, 0.3) is 0 Å². The molecule has 10 heteroatoms. The van der Waals surface area contributed by atoms with Crippen molar-refractivity contribution in [2.45, 2.75) is 18.2 Å². The second-order valence-corrected chi connectivity index (χ2v) is 9.66. The van der Waals surface area contributed by atoms with Gasteiger partial charge in [-0.3, -0.25) is 0 Å². The number of aryl methyl sites for hydroxylation is 1. The molecule has 4 rings (SSSR count). The first-order valence-corrected chi connectivity index (χ1v) is 11.7. The van der Waals surface area contributed by atoms with Crippen LogP contribution in [0.25, 0.3) is 15.7 Å². The van der Waals surface area contributed by atoms with Gasteiger partial charge in [0.15, 0.2) is 5.82 Å². The Morgan fingerprint density at radius 3 is 2.86 bits per heavy atom. The summed E-state index contributed by atoms with van der Waals surface area (Å²) in [5.74, 6) is 1.01. The van der Waals surface area contributed by atoms with Gasteiger partial charge in [0.1, 0.15) is 10.6 Å². The maximum absolute atomic E-state index is 12.7. The predicted molar refractivity (Wildman–Crippen MR) is 111 cm³/mol. The first-order valence-electron chi connectivity index (χ1n) is 8.49. The summed E-state index contributed by atoms with van der Waals surface area (Å²) in [4.78, 5) is 6.48. The molecule has 0 amide bonds. The smallest absolute Gasteiger partial charge is 0.244 e. The van der Waals surface area contributed by atoms with E-state index in [4.69, 9.17) is 4.74 Å². The minimum atomic E-state index is -3.68. The Labute approximate surface area is 170 Å². The second kappa shape index (κ2) is 7.63. The molecule has 1 N–H and O–H groups in total. The van der Waals surface area contributed by atoms with Gasteiger partial charge < -0.3 is 4.74 Å². The third kappa shape index (κ3) is 3.68. The Bertz CT molecular complexity index is 1210. The van der Waals surface area contributed by atoms with Gasteiger partial charge in [0, 0.05) is 18.3 Å². The monoisotopic (exact) mass is 434 g/mol. The van der Waals surface area contributed by atoms with E-state index in [-0.39, 0.29) is 11.4 Å². The first-order chi connectivity index (χ1) is 13.5. The van der Waals surface area contributed by atoms with Crippen LogP contribution in [0, 0.1) is 6.92 Å². The lowest BCUT2D eigenvalue weighted by Gasteiger charge is -2.11. The quantitative estimate of drug-likeness (QED) is 0.482. The van der Waals surface area contributed by atoms with Crippen LogP contribution in [0.5, 0.6) is 5.75 Å². The topological polar surface area (TPSA) is 85.6 Å². The molecule has 0 spiro atoms. The number of benzene rings is 1. The number of nitrogens with one attached hydrogen (secondary N) is 1. The molecule has 0 aliphatic heterocycles. The van der Waals surface area contributed by atoms with Crippen LogP contribution < -0.4 is 9.46 Å². The van der Waals surface area contributed by atoms with Gasteiger partial charge in [-0.15, -0.1) is 27.8 Å². The number of rotatable bonds is 7. The van der Waals surface area contributed by atoms with Gasteiger partial charge in [-0.05, 0) is 36.1 Å². The Morgan fingerprint density at radius 2 is 2.11 bits per heavy atom. The van der Waals surface area contributed by atoms with E-state index >= 15 is 0 Å². The molecule has 146 valence electrons. The number of aromatic nitrogens is 3. The lowest BCUT2D eigenvalue weighted by Crippen LogP contribution is -2.26. The van der Waals surface area contributed by atoms with Crippen molar-refractivity contribution in [2.24, 2.45) is 0 Å². The number of methoxy groups -OCH3 is 1. The highest BCUT2D eigenvalue weighted by molar-refractivity contribution is 7.89. The van der Waals surface area contributed by atoms with Crippen molar-refractivity contribution in [3.63, 3.8) is 0 Å². The Kier molecular flexibility index (Phi) is 5.19. The molecule has 0 aliphatic rings. The van der Waals surface area contributed by atoms with E-state index in [1.54, 1.807) is 28.0 Å². The van der Waals surface area contributed by atoms with Crippen LogP contribution in [0.2, 0.25) is 0 Å². The van der Waals surface area contributed by atoms with Crippen molar-refractivity contribution in [1.29, 1.82) is 0 Å². The van der Waals surface area contributed by atoms with Crippen LogP contribution in [-0.4, -0.2) is 36.7 Å². The van der Waals surface area contributed by atoms with Crippen LogP contribution in [0.4, 0.5) is 0 Å². The van der Waals surface area contributed by atoms with E-state index in [1.165, 1.54) is 18.4 Å². The lowest BCUT2D eigenvalue weighted by molar-refractivity contribution is 0.402. The fraction of sp³-hybridized carbons (Fsp3) is 0.222. The molecule has 0 radical (unpaired) electrons. The van der Waals surface area contributed by atoms with Crippen molar-refractivity contribution in [3.05, 3.63) is 52.3 Å². The van der Waals surface area contributed by atoms with Crippen LogP contribution in [-0.2, 0) is 16.4 Å². The minimum Gasteiger partial charge on any atom is -0.495 e. The average Bonchev–Trinajstić information content (AvgIpc) is 3.39. The van der Waals surface area contributed by atoms with Crippen molar-refractivity contribution in [2.75, 3.05) is 13.7 Å². The summed E-state index contributed by atoms with van der Waals surface area (Å²) in [5.41, 5.74) is 1.76. The zero-order chi connectivity index (χ0) is 19.7.